The molecule has 8 heteroatoms. The predicted octanol–water partition coefficient (Wildman–Crippen LogP) is 3.70. The van der Waals surface area contributed by atoms with Crippen molar-refractivity contribution in [1.29, 1.82) is 0 Å². The molecule has 0 fully saturated rings. The maximum absolute atomic E-state index is 12.5. The molecule has 2 amide bonds. The smallest absolute Gasteiger partial charge is 0.405 e. The lowest BCUT2D eigenvalue weighted by molar-refractivity contribution is -0.275. The van der Waals surface area contributed by atoms with Gasteiger partial charge in [-0.2, -0.15) is 0 Å². The molecule has 0 atom stereocenters. The Morgan fingerprint density at radius 3 is 2.14 bits per heavy atom. The molecule has 0 aliphatic carbocycles. The Labute approximate surface area is 160 Å². The molecule has 3 rings (SSSR count). The van der Waals surface area contributed by atoms with Crippen LogP contribution in [0.3, 0.4) is 0 Å². The van der Waals surface area contributed by atoms with Crippen LogP contribution < -0.4 is 4.74 Å². The van der Waals surface area contributed by atoms with E-state index in [9.17, 15) is 22.8 Å². The summed E-state index contributed by atoms with van der Waals surface area (Å²) in [5, 5.41) is 0. The molecule has 0 bridgehead atoms. The largest absolute Gasteiger partial charge is 0.573 e. The summed E-state index contributed by atoms with van der Waals surface area (Å²) in [6, 6.07) is 12.6. The molecule has 0 radical (unpaired) electrons. The topological polar surface area (TPSA) is 49.9 Å². The van der Waals surface area contributed by atoms with Crippen molar-refractivity contribution < 1.29 is 27.5 Å². The Kier molecular flexibility index (Phi) is 5.69. The molecule has 148 valence electrons. The molecule has 2 aromatic carbocycles. The van der Waals surface area contributed by atoms with Crippen molar-refractivity contribution in [1.82, 2.24) is 9.80 Å². The molecule has 1 heterocycles. The number of halogens is 3. The van der Waals surface area contributed by atoms with Crippen LogP contribution in [0.2, 0.25) is 0 Å². The molecule has 0 saturated carbocycles. The second-order valence-electron chi connectivity index (χ2n) is 6.55. The van der Waals surface area contributed by atoms with E-state index < -0.39 is 6.36 Å². The molecule has 1 aliphatic rings. The molecule has 1 aliphatic heterocycles. The van der Waals surface area contributed by atoms with Crippen molar-refractivity contribution in [2.45, 2.75) is 19.3 Å². The normalized spacial score (nSPS) is 14.0. The monoisotopic (exact) mass is 392 g/mol. The van der Waals surface area contributed by atoms with Crippen molar-refractivity contribution in [3.05, 3.63) is 65.2 Å². The number of imide groups is 1. The molecule has 0 saturated heterocycles. The summed E-state index contributed by atoms with van der Waals surface area (Å²) in [7, 11) is 1.76. The van der Waals surface area contributed by atoms with Crippen molar-refractivity contribution in [2.24, 2.45) is 0 Å². The van der Waals surface area contributed by atoms with Crippen LogP contribution in [0, 0.1) is 0 Å². The van der Waals surface area contributed by atoms with Gasteiger partial charge in [0.05, 0.1) is 11.1 Å². The van der Waals surface area contributed by atoms with Gasteiger partial charge in [0, 0.05) is 18.7 Å². The zero-order valence-corrected chi connectivity index (χ0v) is 15.2. The zero-order chi connectivity index (χ0) is 20.3. The quantitative estimate of drug-likeness (QED) is 0.675. The van der Waals surface area contributed by atoms with Gasteiger partial charge in [0.25, 0.3) is 11.8 Å². The van der Waals surface area contributed by atoms with E-state index >= 15 is 0 Å². The molecule has 0 spiro atoms. The van der Waals surface area contributed by atoms with Gasteiger partial charge in [-0.25, -0.2) is 0 Å². The summed E-state index contributed by atoms with van der Waals surface area (Å²) < 4.78 is 41.6. The molecule has 0 N–H and O–H groups in total. The van der Waals surface area contributed by atoms with E-state index in [0.717, 1.165) is 0 Å². The third-order valence-corrected chi connectivity index (χ3v) is 4.44. The van der Waals surface area contributed by atoms with Gasteiger partial charge in [-0.1, -0.05) is 30.3 Å². The SMILES string of the molecule is CN(CCCN1C(=O)c2ccccc2C1=O)Cc1ccccc1OC(F)(F)F. The summed E-state index contributed by atoms with van der Waals surface area (Å²) in [5.74, 6) is -0.860. The maximum atomic E-state index is 12.5. The fourth-order valence-corrected chi connectivity index (χ4v) is 3.17. The first-order chi connectivity index (χ1) is 13.3. The summed E-state index contributed by atoms with van der Waals surface area (Å²) in [6.07, 6.45) is -4.25. The minimum Gasteiger partial charge on any atom is -0.405 e. The van der Waals surface area contributed by atoms with E-state index in [4.69, 9.17) is 0 Å². The van der Waals surface area contributed by atoms with E-state index in [0.29, 0.717) is 29.7 Å². The van der Waals surface area contributed by atoms with Gasteiger partial charge < -0.3 is 9.64 Å². The number of carbonyl (C=O) groups is 2. The number of carbonyl (C=O) groups excluding carboxylic acids is 2. The second kappa shape index (κ2) is 8.02. The first kappa shape index (κ1) is 19.9. The fourth-order valence-electron chi connectivity index (χ4n) is 3.17. The Morgan fingerprint density at radius 1 is 0.964 bits per heavy atom. The summed E-state index contributed by atoms with van der Waals surface area (Å²) in [6.45, 7) is 0.986. The number of fused-ring (bicyclic) bond motifs is 1. The average molecular weight is 392 g/mol. The minimum atomic E-state index is -4.75. The molecule has 2 aromatic rings. The predicted molar refractivity (Wildman–Crippen MR) is 95.9 cm³/mol. The Hall–Kier alpha value is -2.87. The fraction of sp³-hybridized carbons (Fsp3) is 0.300. The van der Waals surface area contributed by atoms with Gasteiger partial charge in [0.2, 0.25) is 0 Å². The van der Waals surface area contributed by atoms with Crippen molar-refractivity contribution >= 4 is 11.8 Å². The van der Waals surface area contributed by atoms with Gasteiger partial charge >= 0.3 is 6.36 Å². The minimum absolute atomic E-state index is 0.234. The van der Waals surface area contributed by atoms with Crippen LogP contribution in [-0.4, -0.2) is 48.1 Å². The van der Waals surface area contributed by atoms with Gasteiger partial charge in [-0.05, 0) is 38.2 Å². The highest BCUT2D eigenvalue weighted by atomic mass is 19.4. The van der Waals surface area contributed by atoms with Crippen molar-refractivity contribution in [2.75, 3.05) is 20.1 Å². The number of benzene rings is 2. The number of alkyl halides is 3. The van der Waals surface area contributed by atoms with Crippen molar-refractivity contribution in [3.8, 4) is 5.75 Å². The van der Waals surface area contributed by atoms with Crippen LogP contribution in [0.25, 0.3) is 0 Å². The first-order valence-corrected chi connectivity index (χ1v) is 8.73. The number of rotatable bonds is 7. The number of amides is 2. The molecular formula is C20H19F3N2O3. The average Bonchev–Trinajstić information content (AvgIpc) is 2.87. The van der Waals surface area contributed by atoms with Crippen LogP contribution in [-0.2, 0) is 6.54 Å². The highest BCUT2D eigenvalue weighted by Gasteiger charge is 2.34. The summed E-state index contributed by atoms with van der Waals surface area (Å²) in [4.78, 5) is 27.7. The standard InChI is InChI=1S/C20H19F3N2O3/c1-24(13-14-7-2-5-10-17(14)28-20(21,22)23)11-6-12-25-18(26)15-8-3-4-9-16(15)19(25)27/h2-5,7-10H,6,11-13H2,1H3. The van der Waals surface area contributed by atoms with Crippen LogP contribution in [0.5, 0.6) is 5.75 Å². The number of para-hydroxylation sites is 1. The molecule has 0 unspecified atom stereocenters. The number of hydrogen-bond acceptors (Lipinski definition) is 4. The third kappa shape index (κ3) is 4.51. The third-order valence-electron chi connectivity index (χ3n) is 4.44. The van der Waals surface area contributed by atoms with Crippen LogP contribution in [0.4, 0.5) is 13.2 Å². The highest BCUT2D eigenvalue weighted by molar-refractivity contribution is 6.21. The molecule has 0 aromatic heterocycles. The van der Waals surface area contributed by atoms with Gasteiger partial charge in [0.1, 0.15) is 5.75 Å². The van der Waals surface area contributed by atoms with E-state index in [1.165, 1.54) is 17.0 Å². The molecule has 28 heavy (non-hydrogen) atoms. The van der Waals surface area contributed by atoms with Gasteiger partial charge in [-0.15, -0.1) is 13.2 Å². The van der Waals surface area contributed by atoms with E-state index in [2.05, 4.69) is 4.74 Å². The lowest BCUT2D eigenvalue weighted by atomic mass is 10.1. The summed E-state index contributed by atoms with van der Waals surface area (Å²) >= 11 is 0. The van der Waals surface area contributed by atoms with Gasteiger partial charge in [0.15, 0.2) is 0 Å². The van der Waals surface area contributed by atoms with Crippen LogP contribution in [0.15, 0.2) is 48.5 Å². The Bertz CT molecular complexity index is 848. The van der Waals surface area contributed by atoms with Crippen LogP contribution in [0.1, 0.15) is 32.7 Å². The Morgan fingerprint density at radius 2 is 1.54 bits per heavy atom. The second-order valence-corrected chi connectivity index (χ2v) is 6.55. The van der Waals surface area contributed by atoms with E-state index in [-0.39, 0.29) is 30.7 Å². The number of nitrogens with zero attached hydrogens (tertiary/aromatic N) is 2. The first-order valence-electron chi connectivity index (χ1n) is 8.73. The number of ether oxygens (including phenoxy) is 1. The number of hydrogen-bond donors (Lipinski definition) is 0. The lowest BCUT2D eigenvalue weighted by Gasteiger charge is -2.21. The lowest BCUT2D eigenvalue weighted by Crippen LogP contribution is -2.32. The van der Waals surface area contributed by atoms with Crippen molar-refractivity contribution in [3.63, 3.8) is 0 Å². The highest BCUT2D eigenvalue weighted by Crippen LogP contribution is 2.27. The maximum Gasteiger partial charge on any atom is 0.573 e. The van der Waals surface area contributed by atoms with E-state index in [1.807, 2.05) is 4.90 Å². The Balaban J connectivity index is 1.54. The molecule has 5 nitrogen and oxygen atoms in total. The zero-order valence-electron chi connectivity index (χ0n) is 15.2. The summed E-state index contributed by atoms with van der Waals surface area (Å²) in [5.41, 5.74) is 1.21. The van der Waals surface area contributed by atoms with Gasteiger partial charge in [-0.3, -0.25) is 14.5 Å². The molecular weight excluding hydrogens is 373 g/mol. The van der Waals surface area contributed by atoms with Crippen LogP contribution >= 0.6 is 0 Å². The van der Waals surface area contributed by atoms with E-state index in [1.54, 1.807) is 43.4 Å².